The van der Waals surface area contributed by atoms with Gasteiger partial charge in [0.2, 0.25) is 0 Å². The van der Waals surface area contributed by atoms with Crippen LogP contribution in [0.15, 0.2) is 85.1 Å². The Morgan fingerprint density at radius 2 is 1.18 bits per heavy atom. The molecular weight excluding hydrogens is 930 g/mol. The van der Waals surface area contributed by atoms with Crippen LogP contribution in [0.2, 0.25) is 0 Å². The van der Waals surface area contributed by atoms with Crippen molar-refractivity contribution in [2.45, 2.75) is 184 Å². The molecule has 0 amide bonds. The van der Waals surface area contributed by atoms with E-state index in [2.05, 4.69) is 35.8 Å². The van der Waals surface area contributed by atoms with Crippen LogP contribution in [0.1, 0.15) is 123 Å². The van der Waals surface area contributed by atoms with Gasteiger partial charge >= 0.3 is 27.6 Å². The molecule has 0 aliphatic heterocycles. The van der Waals surface area contributed by atoms with E-state index in [-0.39, 0.29) is 25.7 Å². The Hall–Kier alpha value is -2.94. The molecule has 0 aromatic rings. The quantitative estimate of drug-likeness (QED) is 0.0120. The van der Waals surface area contributed by atoms with E-state index in [1.54, 1.807) is 36.5 Å². The summed E-state index contributed by atoms with van der Waals surface area (Å²) in [7, 11) is -10.8. The predicted molar refractivity (Wildman–Crippen MR) is 254 cm³/mol. The van der Waals surface area contributed by atoms with Crippen molar-refractivity contribution in [3.63, 3.8) is 0 Å². The van der Waals surface area contributed by atoms with Gasteiger partial charge in [0.05, 0.1) is 24.9 Å². The molecule has 0 aromatic heterocycles. The average molecular weight is 1010 g/mol. The molecular formula is C47H78O19P2. The molecule has 11 atom stereocenters. The fraction of sp³-hybridized carbons (Fsp3) is 0.660. The number of hydrogen-bond donors (Lipinski definition) is 10. The summed E-state index contributed by atoms with van der Waals surface area (Å²) < 4.78 is 49.1. The first-order valence-electron chi connectivity index (χ1n) is 23.5. The lowest BCUT2D eigenvalue weighted by Gasteiger charge is -2.43. The number of phosphoric ester groups is 2. The number of allylic oxidation sites excluding steroid dienone is 11. The average Bonchev–Trinajstić information content (AvgIpc) is 3.28. The zero-order chi connectivity index (χ0) is 50.8. The Morgan fingerprint density at radius 3 is 1.81 bits per heavy atom. The van der Waals surface area contributed by atoms with Crippen molar-refractivity contribution >= 4 is 27.6 Å². The van der Waals surface area contributed by atoms with E-state index >= 15 is 0 Å². The number of carbonyl (C=O) groups excluding carboxylic acids is 2. The minimum atomic E-state index is -5.41. The van der Waals surface area contributed by atoms with Crippen LogP contribution in [-0.2, 0) is 41.8 Å². The van der Waals surface area contributed by atoms with Crippen molar-refractivity contribution in [1.82, 2.24) is 0 Å². The molecule has 0 heterocycles. The minimum Gasteiger partial charge on any atom is -0.462 e. The normalized spacial score (nSPS) is 23.4. The monoisotopic (exact) mass is 1010 g/mol. The summed E-state index contributed by atoms with van der Waals surface area (Å²) in [6.07, 6.45) is 18.9. The van der Waals surface area contributed by atoms with Crippen LogP contribution in [0, 0.1) is 0 Å². The van der Waals surface area contributed by atoms with Gasteiger partial charge in [-0.15, -0.1) is 0 Å². The standard InChI is InChI=1S/C47H78O19P2/c1-3-5-7-8-9-10-11-12-13-14-15-16-17-22-26-32-41(52)64-37(35-63-68(60,61)66-47-44(55)42(53)43(54)46(45(47)56)65-67(57,58)59)34-62-40(51)33-27-31-39(50)38(49)30-25-21-19-18-20-24-29-36(48)28-23-6-4-2/h6,9-10,12-13,18-21,23-25,29-30,36-39,42-50,53-56H,3-5,7-8,11,14-17,22,26-28,31-35H2,1-2H3,(H,60,61)(H2,57,58,59)/b10-9-,13-12-,20-18+,21-19-,23-6-,29-24+,30-25-/t36-,37-,38+,39+,42?,43?,44?,45?,46-,47+/m1/s1. The van der Waals surface area contributed by atoms with E-state index in [0.717, 1.165) is 44.9 Å². The summed E-state index contributed by atoms with van der Waals surface area (Å²) in [5, 5.41) is 71.7. The maximum Gasteiger partial charge on any atom is 0.472 e. The van der Waals surface area contributed by atoms with Crippen molar-refractivity contribution in [2.75, 3.05) is 13.2 Å². The van der Waals surface area contributed by atoms with Gasteiger partial charge in [-0.2, -0.15) is 0 Å². The van der Waals surface area contributed by atoms with Gasteiger partial charge in [-0.25, -0.2) is 9.13 Å². The highest BCUT2D eigenvalue weighted by Gasteiger charge is 2.54. The van der Waals surface area contributed by atoms with Crippen molar-refractivity contribution < 1.29 is 92.2 Å². The Morgan fingerprint density at radius 1 is 0.603 bits per heavy atom. The van der Waals surface area contributed by atoms with E-state index in [9.17, 15) is 69.1 Å². The molecule has 1 aliphatic carbocycles. The third-order valence-electron chi connectivity index (χ3n) is 10.3. The molecule has 21 heteroatoms. The molecule has 0 bridgehead atoms. The smallest absolute Gasteiger partial charge is 0.462 e. The molecule has 10 N–H and O–H groups in total. The molecule has 1 saturated carbocycles. The molecule has 0 radical (unpaired) electrons. The van der Waals surface area contributed by atoms with Crippen molar-refractivity contribution in [1.29, 1.82) is 0 Å². The second-order valence-electron chi connectivity index (χ2n) is 16.3. The Labute approximate surface area is 401 Å². The van der Waals surface area contributed by atoms with Crippen LogP contribution >= 0.6 is 15.6 Å². The third kappa shape index (κ3) is 30.6. The first-order chi connectivity index (χ1) is 32.3. The van der Waals surface area contributed by atoms with Crippen LogP contribution in [0.4, 0.5) is 0 Å². The van der Waals surface area contributed by atoms with Gasteiger partial charge in [0.15, 0.2) is 6.10 Å². The molecule has 1 aliphatic rings. The number of rotatable bonds is 37. The Bertz CT molecular complexity index is 1690. The summed E-state index contributed by atoms with van der Waals surface area (Å²) in [6.45, 7) is 2.57. The number of esters is 2. The van der Waals surface area contributed by atoms with Crippen LogP contribution in [0.5, 0.6) is 0 Å². The Kier molecular flexibility index (Phi) is 34.3. The molecule has 0 spiro atoms. The third-order valence-corrected chi connectivity index (χ3v) is 11.8. The molecule has 1 rings (SSSR count). The lowest BCUT2D eigenvalue weighted by molar-refractivity contribution is -0.216. The molecule has 1 fully saturated rings. The first kappa shape index (κ1) is 63.1. The number of unbranched alkanes of at least 4 members (excludes halogenated alkanes) is 8. The minimum absolute atomic E-state index is 0.00441. The topological polar surface area (TPSA) is 317 Å². The zero-order valence-corrected chi connectivity index (χ0v) is 41.1. The number of hydrogen-bond acceptors (Lipinski definition) is 16. The lowest BCUT2D eigenvalue weighted by Crippen LogP contribution is -2.64. The highest BCUT2D eigenvalue weighted by Crippen LogP contribution is 2.49. The van der Waals surface area contributed by atoms with Gasteiger partial charge in [0.1, 0.15) is 43.2 Å². The van der Waals surface area contributed by atoms with Crippen LogP contribution in [-0.4, -0.2) is 137 Å². The van der Waals surface area contributed by atoms with Gasteiger partial charge in [-0.05, 0) is 64.2 Å². The molecule has 19 nitrogen and oxygen atoms in total. The summed E-state index contributed by atoms with van der Waals surface area (Å²) >= 11 is 0. The Balaban J connectivity index is 2.76. The number of phosphoric acid groups is 2. The zero-order valence-electron chi connectivity index (χ0n) is 39.3. The maximum absolute atomic E-state index is 13.0. The highest BCUT2D eigenvalue weighted by molar-refractivity contribution is 7.47. The van der Waals surface area contributed by atoms with Gasteiger partial charge in [0.25, 0.3) is 0 Å². The summed E-state index contributed by atoms with van der Waals surface area (Å²) in [6, 6.07) is 0. The van der Waals surface area contributed by atoms with E-state index in [1.807, 2.05) is 19.1 Å². The molecule has 0 aromatic carbocycles. The summed E-state index contributed by atoms with van der Waals surface area (Å²) in [5.41, 5.74) is 0. The maximum atomic E-state index is 13.0. The first-order valence-corrected chi connectivity index (χ1v) is 26.5. The van der Waals surface area contributed by atoms with E-state index in [0.29, 0.717) is 19.3 Å². The lowest BCUT2D eigenvalue weighted by atomic mass is 9.85. The largest absolute Gasteiger partial charge is 0.472 e. The van der Waals surface area contributed by atoms with Crippen molar-refractivity contribution in [3.05, 3.63) is 85.1 Å². The van der Waals surface area contributed by atoms with Gasteiger partial charge in [-0.3, -0.25) is 23.2 Å². The molecule has 5 unspecified atom stereocenters. The number of aliphatic hydroxyl groups is 7. The SMILES string of the molecule is CC/C=C\C[C@@H](O)/C=C/C=C/C=C\C=C/[C@H](O)[C@@H](O)CCCC(=O)OC[C@H](COP(=O)(O)O[C@H]1C(O)C(O)C(O)[C@@H](OP(=O)(O)O)C1O)OC(=O)CCCCCCC/C=C\C/C=C\CCCCC. The second-order valence-corrected chi connectivity index (χ2v) is 18.9. The summed E-state index contributed by atoms with van der Waals surface area (Å²) in [4.78, 5) is 54.3. The van der Waals surface area contributed by atoms with Crippen molar-refractivity contribution in [2.24, 2.45) is 0 Å². The van der Waals surface area contributed by atoms with Crippen LogP contribution in [0.3, 0.4) is 0 Å². The molecule has 68 heavy (non-hydrogen) atoms. The van der Waals surface area contributed by atoms with E-state index < -0.39 is 102 Å². The van der Waals surface area contributed by atoms with Gasteiger partial charge < -0.3 is 59.9 Å². The summed E-state index contributed by atoms with van der Waals surface area (Å²) in [5.74, 6) is -1.56. The highest BCUT2D eigenvalue weighted by atomic mass is 31.2. The van der Waals surface area contributed by atoms with Crippen LogP contribution < -0.4 is 0 Å². The fourth-order valence-corrected chi connectivity index (χ4v) is 8.05. The molecule has 390 valence electrons. The van der Waals surface area contributed by atoms with Gasteiger partial charge in [0, 0.05) is 12.8 Å². The van der Waals surface area contributed by atoms with E-state index in [1.165, 1.54) is 31.4 Å². The second kappa shape index (κ2) is 36.9. The fourth-order valence-electron chi connectivity index (χ4n) is 6.51. The number of ether oxygens (including phenoxy) is 2. The number of aliphatic hydroxyl groups excluding tert-OH is 7. The van der Waals surface area contributed by atoms with Crippen LogP contribution in [0.25, 0.3) is 0 Å². The van der Waals surface area contributed by atoms with Crippen molar-refractivity contribution in [3.8, 4) is 0 Å². The van der Waals surface area contributed by atoms with Gasteiger partial charge in [-0.1, -0.05) is 131 Å². The number of carbonyl (C=O) groups is 2. The molecule has 0 saturated heterocycles. The van der Waals surface area contributed by atoms with E-state index in [4.69, 9.17) is 18.5 Å². The predicted octanol–water partition coefficient (Wildman–Crippen LogP) is 5.53.